The van der Waals surface area contributed by atoms with E-state index in [0.29, 0.717) is 6.42 Å². The van der Waals surface area contributed by atoms with Crippen LogP contribution in [-0.4, -0.2) is 69.9 Å². The zero-order valence-corrected chi connectivity index (χ0v) is 19.3. The molecule has 33 heavy (non-hydrogen) atoms. The molecule has 0 bridgehead atoms. The Bertz CT molecular complexity index is 742. The number of aliphatic carboxylic acids is 2. The molecule has 13 nitrogen and oxygen atoms in total. The fourth-order valence-corrected chi connectivity index (χ4v) is 2.81. The Morgan fingerprint density at radius 1 is 0.788 bits per heavy atom. The molecule has 0 spiro atoms. The second-order valence-electron chi connectivity index (χ2n) is 8.33. The summed E-state index contributed by atoms with van der Waals surface area (Å²) in [5.74, 6) is -6.76. The Hall–Kier alpha value is -3.22. The highest BCUT2D eigenvalue weighted by Crippen LogP contribution is 2.10. The summed E-state index contributed by atoms with van der Waals surface area (Å²) >= 11 is 0. The van der Waals surface area contributed by atoms with Gasteiger partial charge in [-0.05, 0) is 18.3 Å². The van der Waals surface area contributed by atoms with Gasteiger partial charge < -0.3 is 37.6 Å². The third kappa shape index (κ3) is 11.3. The lowest BCUT2D eigenvalue weighted by atomic mass is 9.97. The number of carboxylic acid groups (broad SMARTS) is 2. The third-order valence-corrected chi connectivity index (χ3v) is 4.93. The maximum atomic E-state index is 12.8. The van der Waals surface area contributed by atoms with Gasteiger partial charge in [-0.25, -0.2) is 4.79 Å². The minimum atomic E-state index is -1.71. The van der Waals surface area contributed by atoms with E-state index in [1.807, 2.05) is 12.2 Å². The van der Waals surface area contributed by atoms with Crippen molar-refractivity contribution in [2.24, 2.45) is 23.3 Å². The van der Waals surface area contributed by atoms with Gasteiger partial charge in [-0.3, -0.25) is 24.0 Å². The first-order chi connectivity index (χ1) is 15.2. The van der Waals surface area contributed by atoms with Crippen LogP contribution in [-0.2, 0) is 28.8 Å². The van der Waals surface area contributed by atoms with Gasteiger partial charge >= 0.3 is 11.9 Å². The molecular formula is C20H35N5O8. The van der Waals surface area contributed by atoms with Gasteiger partial charge in [-0.1, -0.05) is 34.1 Å². The number of primary amides is 1. The first-order valence-corrected chi connectivity index (χ1v) is 10.6. The van der Waals surface area contributed by atoms with E-state index >= 15 is 0 Å². The smallest absolute Gasteiger partial charge is 0.326 e. The van der Waals surface area contributed by atoms with Crippen LogP contribution in [0, 0.1) is 11.8 Å². The topological polar surface area (TPSA) is 231 Å². The molecule has 5 atom stereocenters. The third-order valence-electron chi connectivity index (χ3n) is 4.93. The highest BCUT2D eigenvalue weighted by atomic mass is 16.4. The number of amides is 4. The Kier molecular flexibility index (Phi) is 12.7. The van der Waals surface area contributed by atoms with Crippen molar-refractivity contribution in [1.82, 2.24) is 16.0 Å². The summed E-state index contributed by atoms with van der Waals surface area (Å²) in [6.07, 6.45) is -0.790. The number of nitrogens with one attached hydrogen (secondary N) is 3. The summed E-state index contributed by atoms with van der Waals surface area (Å²) in [6.45, 7) is 7.22. The van der Waals surface area contributed by atoms with E-state index in [-0.39, 0.29) is 18.3 Å². The van der Waals surface area contributed by atoms with Crippen molar-refractivity contribution in [1.29, 1.82) is 0 Å². The fourth-order valence-electron chi connectivity index (χ4n) is 2.81. The largest absolute Gasteiger partial charge is 0.481 e. The van der Waals surface area contributed by atoms with Crippen molar-refractivity contribution in [3.63, 3.8) is 0 Å². The highest BCUT2D eigenvalue weighted by molar-refractivity contribution is 5.96. The maximum Gasteiger partial charge on any atom is 0.326 e. The molecule has 0 saturated carbocycles. The predicted octanol–water partition coefficient (Wildman–Crippen LogP) is -1.70. The normalized spacial score (nSPS) is 15.5. The summed E-state index contributed by atoms with van der Waals surface area (Å²) in [4.78, 5) is 71.3. The number of carbonyl (C=O) groups excluding carboxylic acids is 4. The van der Waals surface area contributed by atoms with Gasteiger partial charge in [0.05, 0.1) is 18.9 Å². The minimum Gasteiger partial charge on any atom is -0.481 e. The van der Waals surface area contributed by atoms with Crippen LogP contribution in [0.3, 0.4) is 0 Å². The summed E-state index contributed by atoms with van der Waals surface area (Å²) in [7, 11) is 0. The second-order valence-corrected chi connectivity index (χ2v) is 8.33. The number of nitrogens with two attached hydrogens (primary N) is 2. The Balaban J connectivity index is 5.58. The summed E-state index contributed by atoms with van der Waals surface area (Å²) in [6, 6.07) is -5.36. The summed E-state index contributed by atoms with van der Waals surface area (Å²) in [5.41, 5.74) is 10.9. The Morgan fingerprint density at radius 2 is 1.27 bits per heavy atom. The first-order valence-electron chi connectivity index (χ1n) is 10.6. The zero-order chi connectivity index (χ0) is 25.9. The Morgan fingerprint density at radius 3 is 1.70 bits per heavy atom. The highest BCUT2D eigenvalue weighted by Gasteiger charge is 2.32. The van der Waals surface area contributed by atoms with Crippen LogP contribution >= 0.6 is 0 Å². The first kappa shape index (κ1) is 29.8. The standard InChI is InChI=1S/C20H35N5O8/c1-5-10(4)16(22)19(31)24-11(6-9(2)3)17(29)23-12(8-15(27)28)18(30)25-13(20(32)33)7-14(21)26/h9-13,16H,5-8,22H2,1-4H3,(H2,21,26)(H,23,29)(H,24,31)(H,25,30)(H,27,28)(H,32,33). The van der Waals surface area contributed by atoms with E-state index in [1.54, 1.807) is 20.8 Å². The van der Waals surface area contributed by atoms with E-state index in [9.17, 15) is 28.8 Å². The van der Waals surface area contributed by atoms with E-state index in [2.05, 4.69) is 10.6 Å². The van der Waals surface area contributed by atoms with Crippen molar-refractivity contribution < 1.29 is 39.0 Å². The summed E-state index contributed by atoms with van der Waals surface area (Å²) < 4.78 is 0. The van der Waals surface area contributed by atoms with Crippen molar-refractivity contribution >= 4 is 35.6 Å². The number of hydrogen-bond acceptors (Lipinski definition) is 7. The molecule has 0 aromatic heterocycles. The van der Waals surface area contributed by atoms with E-state index in [4.69, 9.17) is 21.7 Å². The molecule has 0 heterocycles. The van der Waals surface area contributed by atoms with E-state index in [1.165, 1.54) is 0 Å². The van der Waals surface area contributed by atoms with Crippen LogP contribution in [0.15, 0.2) is 0 Å². The van der Waals surface area contributed by atoms with Crippen LogP contribution in [0.1, 0.15) is 53.4 Å². The zero-order valence-electron chi connectivity index (χ0n) is 19.3. The van der Waals surface area contributed by atoms with Crippen LogP contribution in [0.4, 0.5) is 0 Å². The van der Waals surface area contributed by atoms with Crippen LogP contribution < -0.4 is 27.4 Å². The second kappa shape index (κ2) is 14.0. The lowest BCUT2D eigenvalue weighted by molar-refractivity contribution is -0.145. The minimum absolute atomic E-state index is 0.0559. The molecule has 4 amide bonds. The molecule has 9 N–H and O–H groups in total. The quantitative estimate of drug-likeness (QED) is 0.143. The SMILES string of the molecule is CCC(C)C(N)C(=O)NC(CC(C)C)C(=O)NC(CC(=O)O)C(=O)NC(CC(N)=O)C(=O)O. The van der Waals surface area contributed by atoms with Crippen molar-refractivity contribution in [2.45, 2.75) is 77.5 Å². The molecule has 0 aliphatic carbocycles. The number of rotatable bonds is 15. The summed E-state index contributed by atoms with van der Waals surface area (Å²) in [5, 5.41) is 25.0. The molecule has 0 saturated heterocycles. The average molecular weight is 474 g/mol. The molecule has 0 radical (unpaired) electrons. The molecule has 0 aromatic carbocycles. The molecule has 13 heteroatoms. The van der Waals surface area contributed by atoms with Gasteiger partial charge in [-0.15, -0.1) is 0 Å². The van der Waals surface area contributed by atoms with Gasteiger partial charge in [0.25, 0.3) is 0 Å². The van der Waals surface area contributed by atoms with Crippen LogP contribution in [0.2, 0.25) is 0 Å². The van der Waals surface area contributed by atoms with Crippen LogP contribution in [0.25, 0.3) is 0 Å². The lowest BCUT2D eigenvalue weighted by Crippen LogP contribution is -2.58. The predicted molar refractivity (Wildman–Crippen MR) is 116 cm³/mol. The molecule has 5 unspecified atom stereocenters. The molecule has 0 fully saturated rings. The lowest BCUT2D eigenvalue weighted by Gasteiger charge is -2.26. The molecular weight excluding hydrogens is 438 g/mol. The fraction of sp³-hybridized carbons (Fsp3) is 0.700. The van der Waals surface area contributed by atoms with E-state index < -0.39 is 72.6 Å². The maximum absolute atomic E-state index is 12.8. The van der Waals surface area contributed by atoms with Gasteiger partial charge in [0, 0.05) is 0 Å². The van der Waals surface area contributed by atoms with Gasteiger partial charge in [0.15, 0.2) is 0 Å². The Labute approximate surface area is 192 Å². The number of carbonyl (C=O) groups is 6. The van der Waals surface area contributed by atoms with Gasteiger partial charge in [-0.2, -0.15) is 0 Å². The van der Waals surface area contributed by atoms with Gasteiger partial charge in [0.1, 0.15) is 18.1 Å². The molecule has 0 aromatic rings. The monoisotopic (exact) mass is 473 g/mol. The number of carboxylic acids is 2. The average Bonchev–Trinajstić information content (AvgIpc) is 2.69. The molecule has 188 valence electrons. The molecule has 0 rings (SSSR count). The van der Waals surface area contributed by atoms with Crippen LogP contribution in [0.5, 0.6) is 0 Å². The molecule has 0 aliphatic rings. The van der Waals surface area contributed by atoms with Crippen molar-refractivity contribution in [3.05, 3.63) is 0 Å². The van der Waals surface area contributed by atoms with Crippen molar-refractivity contribution in [2.75, 3.05) is 0 Å². The molecule has 0 aliphatic heterocycles. The van der Waals surface area contributed by atoms with E-state index in [0.717, 1.165) is 0 Å². The van der Waals surface area contributed by atoms with Gasteiger partial charge in [0.2, 0.25) is 23.6 Å². The van der Waals surface area contributed by atoms with Crippen molar-refractivity contribution in [3.8, 4) is 0 Å². The number of hydrogen-bond donors (Lipinski definition) is 7.